The van der Waals surface area contributed by atoms with E-state index in [0.717, 1.165) is 48.6 Å². The van der Waals surface area contributed by atoms with Gasteiger partial charge in [0.2, 0.25) is 5.91 Å². The van der Waals surface area contributed by atoms with Gasteiger partial charge >= 0.3 is 0 Å². The molecule has 0 saturated heterocycles. The van der Waals surface area contributed by atoms with Gasteiger partial charge in [0.05, 0.1) is 5.69 Å². The number of nitrogens with zero attached hydrogens (tertiary/aromatic N) is 3. The number of carbonyl (C=O) groups is 2. The summed E-state index contributed by atoms with van der Waals surface area (Å²) in [5, 5.41) is 3.14. The topological polar surface area (TPSA) is 67.2 Å². The molecule has 0 spiro atoms. The van der Waals surface area contributed by atoms with E-state index in [-0.39, 0.29) is 17.9 Å². The average molecular weight is 338 g/mol. The second kappa shape index (κ2) is 6.02. The average Bonchev–Trinajstić information content (AvgIpc) is 3.15. The van der Waals surface area contributed by atoms with Gasteiger partial charge in [-0.1, -0.05) is 0 Å². The number of imidazole rings is 1. The highest BCUT2D eigenvalue weighted by Crippen LogP contribution is 2.29. The van der Waals surface area contributed by atoms with Gasteiger partial charge in [0.15, 0.2) is 0 Å². The number of hydrogen-bond acceptors (Lipinski definition) is 3. The Kier molecular flexibility index (Phi) is 3.82. The first kappa shape index (κ1) is 15.9. The fourth-order valence-corrected chi connectivity index (χ4v) is 3.84. The van der Waals surface area contributed by atoms with Crippen LogP contribution in [0.25, 0.3) is 0 Å². The number of rotatable bonds is 2. The van der Waals surface area contributed by atoms with Crippen molar-refractivity contribution in [3.8, 4) is 0 Å². The Labute approximate surface area is 146 Å². The van der Waals surface area contributed by atoms with Crippen LogP contribution in [0.2, 0.25) is 0 Å². The van der Waals surface area contributed by atoms with Crippen LogP contribution < -0.4 is 10.2 Å². The van der Waals surface area contributed by atoms with Crippen LogP contribution in [-0.2, 0) is 24.2 Å². The lowest BCUT2D eigenvalue weighted by Crippen LogP contribution is -2.40. The smallest absolute Gasteiger partial charge is 0.251 e. The van der Waals surface area contributed by atoms with Crippen molar-refractivity contribution in [2.45, 2.75) is 45.7 Å². The molecular formula is C19H22N4O2. The second-order valence-electron chi connectivity index (χ2n) is 6.92. The normalized spacial score (nSPS) is 18.6. The third-order valence-corrected chi connectivity index (χ3v) is 5.07. The Hall–Kier alpha value is -2.63. The maximum Gasteiger partial charge on any atom is 0.251 e. The third kappa shape index (κ3) is 2.92. The molecule has 25 heavy (non-hydrogen) atoms. The Bertz CT molecular complexity index is 855. The molecule has 2 amide bonds. The van der Waals surface area contributed by atoms with Crippen molar-refractivity contribution in [2.75, 3.05) is 11.4 Å². The van der Waals surface area contributed by atoms with E-state index in [1.807, 2.05) is 31.3 Å². The summed E-state index contributed by atoms with van der Waals surface area (Å²) in [5.74, 6) is 1.10. The number of benzene rings is 1. The molecule has 0 fully saturated rings. The fourth-order valence-electron chi connectivity index (χ4n) is 3.84. The molecule has 2 aliphatic heterocycles. The summed E-state index contributed by atoms with van der Waals surface area (Å²) in [5.41, 5.74) is 3.69. The molecule has 1 N–H and O–H groups in total. The predicted molar refractivity (Wildman–Crippen MR) is 94.7 cm³/mol. The lowest BCUT2D eigenvalue weighted by Gasteiger charge is -2.24. The monoisotopic (exact) mass is 338 g/mol. The highest BCUT2D eigenvalue weighted by molar-refractivity contribution is 5.98. The molecule has 2 aliphatic rings. The second-order valence-corrected chi connectivity index (χ2v) is 6.92. The Balaban J connectivity index is 1.46. The molecule has 1 atom stereocenters. The van der Waals surface area contributed by atoms with Crippen LogP contribution in [0.5, 0.6) is 0 Å². The van der Waals surface area contributed by atoms with Gasteiger partial charge in [-0.2, -0.15) is 0 Å². The number of anilines is 1. The molecule has 0 bridgehead atoms. The third-order valence-electron chi connectivity index (χ3n) is 5.07. The van der Waals surface area contributed by atoms with Crippen LogP contribution in [0.4, 0.5) is 5.69 Å². The zero-order valence-corrected chi connectivity index (χ0v) is 14.6. The van der Waals surface area contributed by atoms with Gasteiger partial charge in [0, 0.05) is 49.9 Å². The van der Waals surface area contributed by atoms with Gasteiger partial charge < -0.3 is 14.8 Å². The van der Waals surface area contributed by atoms with E-state index in [1.165, 1.54) is 0 Å². The first-order valence-electron chi connectivity index (χ1n) is 8.76. The van der Waals surface area contributed by atoms with Crippen LogP contribution >= 0.6 is 0 Å². The SMILES string of the molecule is CC(=O)N1CCc2cc(C(=O)N[C@@H]3CCc4nc(C)cn4C3)ccc21. The van der Waals surface area contributed by atoms with Crippen LogP contribution in [0.3, 0.4) is 0 Å². The van der Waals surface area contributed by atoms with Gasteiger partial charge in [0.1, 0.15) is 5.82 Å². The number of hydrogen-bond donors (Lipinski definition) is 1. The minimum Gasteiger partial charge on any atom is -0.347 e. The van der Waals surface area contributed by atoms with Crippen molar-refractivity contribution < 1.29 is 9.59 Å². The van der Waals surface area contributed by atoms with Gasteiger partial charge in [-0.25, -0.2) is 4.98 Å². The molecule has 3 heterocycles. The van der Waals surface area contributed by atoms with Crippen LogP contribution in [0, 0.1) is 6.92 Å². The van der Waals surface area contributed by atoms with E-state index < -0.39 is 0 Å². The number of aryl methyl sites for hydroxylation is 2. The summed E-state index contributed by atoms with van der Waals surface area (Å²) in [4.78, 5) is 30.5. The molecule has 130 valence electrons. The van der Waals surface area contributed by atoms with Crippen LogP contribution in [0.1, 0.15) is 40.8 Å². The number of nitrogens with one attached hydrogen (secondary N) is 1. The molecule has 6 heteroatoms. The van der Waals surface area contributed by atoms with Gasteiger partial charge in [-0.3, -0.25) is 9.59 Å². The van der Waals surface area contributed by atoms with Gasteiger partial charge in [-0.05, 0) is 43.5 Å². The molecule has 2 aromatic rings. The van der Waals surface area contributed by atoms with Crippen molar-refractivity contribution in [1.29, 1.82) is 0 Å². The lowest BCUT2D eigenvalue weighted by atomic mass is 10.0. The molecule has 0 aliphatic carbocycles. The summed E-state index contributed by atoms with van der Waals surface area (Å²) in [6.07, 6.45) is 4.64. The Morgan fingerprint density at radius 1 is 1.28 bits per heavy atom. The van der Waals surface area contributed by atoms with E-state index >= 15 is 0 Å². The first-order valence-corrected chi connectivity index (χ1v) is 8.76. The van der Waals surface area contributed by atoms with E-state index in [4.69, 9.17) is 0 Å². The number of fused-ring (bicyclic) bond motifs is 2. The summed E-state index contributed by atoms with van der Waals surface area (Å²) in [6, 6.07) is 5.74. The minimum absolute atomic E-state index is 0.0459. The Morgan fingerprint density at radius 3 is 2.92 bits per heavy atom. The molecule has 4 rings (SSSR count). The summed E-state index contributed by atoms with van der Waals surface area (Å²) >= 11 is 0. The quantitative estimate of drug-likeness (QED) is 0.909. The molecule has 1 aromatic heterocycles. The molecule has 6 nitrogen and oxygen atoms in total. The summed E-state index contributed by atoms with van der Waals surface area (Å²) in [7, 11) is 0. The summed E-state index contributed by atoms with van der Waals surface area (Å²) < 4.78 is 2.14. The van der Waals surface area contributed by atoms with Crippen molar-refractivity contribution in [2.24, 2.45) is 0 Å². The van der Waals surface area contributed by atoms with Crippen LogP contribution in [-0.4, -0.2) is 34.0 Å². The van der Waals surface area contributed by atoms with Crippen molar-refractivity contribution >= 4 is 17.5 Å². The fraction of sp³-hybridized carbons (Fsp3) is 0.421. The number of carbonyl (C=O) groups excluding carboxylic acids is 2. The van der Waals surface area contributed by atoms with Crippen molar-refractivity contribution in [1.82, 2.24) is 14.9 Å². The van der Waals surface area contributed by atoms with Crippen molar-refractivity contribution in [3.05, 3.63) is 47.0 Å². The first-order chi connectivity index (χ1) is 12.0. The largest absolute Gasteiger partial charge is 0.347 e. The highest BCUT2D eigenvalue weighted by atomic mass is 16.2. The van der Waals surface area contributed by atoms with Gasteiger partial charge in [0.25, 0.3) is 5.91 Å². The number of aromatic nitrogens is 2. The molecule has 1 aromatic carbocycles. The zero-order valence-electron chi connectivity index (χ0n) is 14.6. The van der Waals surface area contributed by atoms with E-state index in [2.05, 4.69) is 14.9 Å². The van der Waals surface area contributed by atoms with E-state index in [1.54, 1.807) is 11.8 Å². The molecule has 0 saturated carbocycles. The standard InChI is InChI=1S/C19H22N4O2/c1-12-10-22-11-16(4-6-18(22)20-12)21-19(25)15-3-5-17-14(9-15)7-8-23(17)13(2)24/h3,5,9-10,16H,4,6-8,11H2,1-2H3,(H,21,25)/t16-/m1/s1. The number of amides is 2. The zero-order chi connectivity index (χ0) is 17.6. The highest BCUT2D eigenvalue weighted by Gasteiger charge is 2.25. The van der Waals surface area contributed by atoms with Gasteiger partial charge in [-0.15, -0.1) is 0 Å². The van der Waals surface area contributed by atoms with Crippen molar-refractivity contribution in [3.63, 3.8) is 0 Å². The molecular weight excluding hydrogens is 316 g/mol. The molecule has 0 unspecified atom stereocenters. The van der Waals surface area contributed by atoms with Crippen LogP contribution in [0.15, 0.2) is 24.4 Å². The summed E-state index contributed by atoms with van der Waals surface area (Å²) in [6.45, 7) is 5.03. The van der Waals surface area contributed by atoms with E-state index in [9.17, 15) is 9.59 Å². The Morgan fingerprint density at radius 2 is 2.12 bits per heavy atom. The molecule has 0 radical (unpaired) electrons. The van der Waals surface area contributed by atoms with E-state index in [0.29, 0.717) is 12.1 Å². The predicted octanol–water partition coefficient (Wildman–Crippen LogP) is 1.85. The maximum atomic E-state index is 12.6. The minimum atomic E-state index is -0.0469. The lowest BCUT2D eigenvalue weighted by molar-refractivity contribution is -0.116. The maximum absolute atomic E-state index is 12.6.